The first-order valence-electron chi connectivity index (χ1n) is 8.72. The molecule has 0 radical (unpaired) electrons. The summed E-state index contributed by atoms with van der Waals surface area (Å²) in [6, 6.07) is 14.2. The topological polar surface area (TPSA) is 50.5 Å². The fourth-order valence-electron chi connectivity index (χ4n) is 3.45. The van der Waals surface area contributed by atoms with Gasteiger partial charge < -0.3 is 20.7 Å². The number of benzene rings is 2. The summed E-state index contributed by atoms with van der Waals surface area (Å²) in [6.07, 6.45) is 6.20. The van der Waals surface area contributed by atoms with Gasteiger partial charge in [0.05, 0.1) is 23.3 Å². The van der Waals surface area contributed by atoms with Gasteiger partial charge in [-0.2, -0.15) is 0 Å². The van der Waals surface area contributed by atoms with Crippen LogP contribution in [-0.4, -0.2) is 14.1 Å². The summed E-state index contributed by atoms with van der Waals surface area (Å²) in [7, 11) is 4.05. The molecule has 0 amide bonds. The van der Waals surface area contributed by atoms with Crippen LogP contribution in [0.25, 0.3) is 0 Å². The lowest BCUT2D eigenvalue weighted by Gasteiger charge is -2.37. The molecule has 0 saturated carbocycles. The number of nitrogens with zero attached hydrogens (tertiary/aromatic N) is 1. The normalized spacial score (nSPS) is 20.5. The minimum absolute atomic E-state index is 0.0373. The Morgan fingerprint density at radius 2 is 1.96 bits per heavy atom. The average molecular weight is 345 g/mol. The van der Waals surface area contributed by atoms with Gasteiger partial charge in [0, 0.05) is 31.4 Å². The first-order chi connectivity index (χ1) is 12.5. The van der Waals surface area contributed by atoms with E-state index < -0.39 is 0 Å². The average Bonchev–Trinajstić information content (AvgIpc) is 2.62. The quantitative estimate of drug-likeness (QED) is 0.804. The largest absolute Gasteiger partial charge is 0.461 e. The van der Waals surface area contributed by atoms with E-state index in [4.69, 9.17) is 10.5 Å². The Labute approximate surface area is 154 Å². The van der Waals surface area contributed by atoms with Gasteiger partial charge in [0.25, 0.3) is 0 Å². The zero-order valence-corrected chi connectivity index (χ0v) is 15.1. The van der Waals surface area contributed by atoms with Crippen molar-refractivity contribution in [3.05, 3.63) is 84.2 Å². The molecule has 0 spiro atoms. The number of hydrogen-bond donors (Lipinski definition) is 2. The third kappa shape index (κ3) is 2.84. The summed E-state index contributed by atoms with van der Waals surface area (Å²) in [5.41, 5.74) is 11.0. The molecule has 1 aliphatic carbocycles. The van der Waals surface area contributed by atoms with E-state index in [0.717, 1.165) is 39.7 Å². The second kappa shape index (κ2) is 6.30. The predicted molar refractivity (Wildman–Crippen MR) is 108 cm³/mol. The van der Waals surface area contributed by atoms with Crippen molar-refractivity contribution in [2.24, 2.45) is 5.92 Å². The number of hydrogen-bond acceptors (Lipinski definition) is 4. The zero-order valence-electron chi connectivity index (χ0n) is 15.1. The van der Waals surface area contributed by atoms with E-state index >= 15 is 0 Å². The first-order valence-corrected chi connectivity index (χ1v) is 8.72. The Balaban J connectivity index is 1.80. The molecule has 0 saturated heterocycles. The van der Waals surface area contributed by atoms with Crippen LogP contribution >= 0.6 is 0 Å². The van der Waals surface area contributed by atoms with Crippen LogP contribution in [0.4, 0.5) is 17.1 Å². The Morgan fingerprint density at radius 1 is 1.15 bits per heavy atom. The molecule has 1 heterocycles. The molecular weight excluding hydrogens is 322 g/mol. The molecule has 26 heavy (non-hydrogen) atoms. The van der Waals surface area contributed by atoms with Gasteiger partial charge in [-0.15, -0.1) is 0 Å². The van der Waals surface area contributed by atoms with Crippen molar-refractivity contribution < 1.29 is 4.74 Å². The molecule has 4 nitrogen and oxygen atoms in total. The molecule has 3 N–H and O–H groups in total. The zero-order chi connectivity index (χ0) is 18.3. The smallest absolute Gasteiger partial charge is 0.134 e. The number of para-hydroxylation sites is 2. The van der Waals surface area contributed by atoms with Crippen molar-refractivity contribution in [3.8, 4) is 5.75 Å². The number of nitrogens with two attached hydrogens (primary N) is 1. The molecule has 4 heteroatoms. The first kappa shape index (κ1) is 16.3. The van der Waals surface area contributed by atoms with Crippen molar-refractivity contribution in [1.29, 1.82) is 0 Å². The maximum atomic E-state index is 6.25. The molecule has 2 aromatic rings. The van der Waals surface area contributed by atoms with Crippen LogP contribution in [0.5, 0.6) is 5.75 Å². The lowest BCUT2D eigenvalue weighted by molar-refractivity contribution is 0.319. The molecular formula is C22H23N3O. The number of rotatable bonds is 3. The highest BCUT2D eigenvalue weighted by Gasteiger charge is 2.35. The Bertz CT molecular complexity index is 927. The van der Waals surface area contributed by atoms with Gasteiger partial charge in [0.15, 0.2) is 0 Å². The third-order valence-corrected chi connectivity index (χ3v) is 4.88. The Kier molecular flexibility index (Phi) is 3.96. The Morgan fingerprint density at radius 3 is 2.73 bits per heavy atom. The van der Waals surface area contributed by atoms with E-state index in [0.29, 0.717) is 0 Å². The number of nitrogens with one attached hydrogen (secondary N) is 1. The van der Waals surface area contributed by atoms with Crippen molar-refractivity contribution in [3.63, 3.8) is 0 Å². The number of nitrogen functional groups attached to an aromatic ring is 1. The molecule has 0 fully saturated rings. The molecule has 0 bridgehead atoms. The Hall–Kier alpha value is -3.14. The van der Waals surface area contributed by atoms with E-state index in [1.807, 2.05) is 50.5 Å². The van der Waals surface area contributed by atoms with Crippen molar-refractivity contribution >= 4 is 17.1 Å². The van der Waals surface area contributed by atoms with Crippen LogP contribution in [0.2, 0.25) is 0 Å². The van der Waals surface area contributed by atoms with Crippen LogP contribution in [0.1, 0.15) is 11.6 Å². The van der Waals surface area contributed by atoms with E-state index in [1.54, 1.807) is 0 Å². The lowest BCUT2D eigenvalue weighted by atomic mass is 9.84. The van der Waals surface area contributed by atoms with Crippen LogP contribution in [0, 0.1) is 5.92 Å². The maximum absolute atomic E-state index is 6.25. The van der Waals surface area contributed by atoms with Crippen molar-refractivity contribution in [2.45, 2.75) is 6.04 Å². The highest BCUT2D eigenvalue weighted by Crippen LogP contribution is 2.46. The second-order valence-corrected chi connectivity index (χ2v) is 6.93. The van der Waals surface area contributed by atoms with Crippen molar-refractivity contribution in [1.82, 2.24) is 0 Å². The van der Waals surface area contributed by atoms with E-state index in [-0.39, 0.29) is 12.0 Å². The van der Waals surface area contributed by atoms with Gasteiger partial charge in [-0.1, -0.05) is 36.9 Å². The van der Waals surface area contributed by atoms with Crippen LogP contribution < -0.4 is 20.7 Å². The standard InChI is InChI=1S/C22H23N3O/c1-14-8-10-16-20(12-14)26-21-13-15(25(2)3)9-11-17(21)22(16)24-19-7-5-4-6-18(19)23/h4-13,16,22,24H,1,23H2,2-3H3. The molecule has 2 aliphatic rings. The van der Waals surface area contributed by atoms with E-state index in [9.17, 15) is 0 Å². The summed E-state index contributed by atoms with van der Waals surface area (Å²) in [5.74, 6) is 1.87. The highest BCUT2D eigenvalue weighted by atomic mass is 16.5. The molecule has 2 aromatic carbocycles. The minimum Gasteiger partial charge on any atom is -0.461 e. The van der Waals surface area contributed by atoms with Gasteiger partial charge >= 0.3 is 0 Å². The third-order valence-electron chi connectivity index (χ3n) is 4.88. The summed E-state index contributed by atoms with van der Waals surface area (Å²) < 4.78 is 6.25. The number of anilines is 3. The van der Waals surface area contributed by atoms with Gasteiger partial charge in [-0.3, -0.25) is 0 Å². The minimum atomic E-state index is 0.0373. The van der Waals surface area contributed by atoms with E-state index in [1.165, 1.54) is 0 Å². The van der Waals surface area contributed by atoms with Crippen molar-refractivity contribution in [2.75, 3.05) is 30.0 Å². The molecule has 132 valence electrons. The lowest BCUT2D eigenvalue weighted by Crippen LogP contribution is -2.29. The second-order valence-electron chi connectivity index (χ2n) is 6.93. The predicted octanol–water partition coefficient (Wildman–Crippen LogP) is 4.51. The number of fused-ring (bicyclic) bond motifs is 2. The fourth-order valence-corrected chi connectivity index (χ4v) is 3.45. The maximum Gasteiger partial charge on any atom is 0.134 e. The summed E-state index contributed by atoms with van der Waals surface area (Å²) in [5, 5.41) is 3.63. The van der Waals surface area contributed by atoms with E-state index in [2.05, 4.69) is 41.1 Å². The molecule has 2 unspecified atom stereocenters. The van der Waals surface area contributed by atoms with Crippen LogP contribution in [-0.2, 0) is 0 Å². The fraction of sp³-hybridized carbons (Fsp3) is 0.182. The molecule has 0 aromatic heterocycles. The summed E-state index contributed by atoms with van der Waals surface area (Å²) in [6.45, 7) is 4.04. The van der Waals surface area contributed by atoms with Gasteiger partial charge in [0.1, 0.15) is 11.5 Å². The highest BCUT2D eigenvalue weighted by molar-refractivity contribution is 5.68. The van der Waals surface area contributed by atoms with Gasteiger partial charge in [-0.25, -0.2) is 0 Å². The van der Waals surface area contributed by atoms with Gasteiger partial charge in [-0.05, 0) is 29.8 Å². The van der Waals surface area contributed by atoms with Gasteiger partial charge in [0.2, 0.25) is 0 Å². The summed E-state index contributed by atoms with van der Waals surface area (Å²) >= 11 is 0. The monoisotopic (exact) mass is 345 g/mol. The summed E-state index contributed by atoms with van der Waals surface area (Å²) in [4.78, 5) is 2.07. The van der Waals surface area contributed by atoms with Crippen LogP contribution in [0.15, 0.2) is 78.6 Å². The molecule has 2 atom stereocenters. The number of ether oxygens (including phenoxy) is 1. The van der Waals surface area contributed by atoms with Crippen LogP contribution in [0.3, 0.4) is 0 Å². The number of allylic oxidation sites excluding steroid dienone is 3. The SMILES string of the molecule is C=C1C=CC2C(=C1)Oc1cc(N(C)C)ccc1C2Nc1ccccc1N. The molecule has 4 rings (SSSR count). The molecule has 1 aliphatic heterocycles.